The van der Waals surface area contributed by atoms with E-state index in [4.69, 9.17) is 23.2 Å². The Morgan fingerprint density at radius 3 is 2.54 bits per heavy atom. The highest BCUT2D eigenvalue weighted by molar-refractivity contribution is 7.92. The lowest BCUT2D eigenvalue weighted by atomic mass is 10.2. The first kappa shape index (κ1) is 20.7. The van der Waals surface area contributed by atoms with Crippen LogP contribution in [0, 0.1) is 0 Å². The second-order valence-electron chi connectivity index (χ2n) is 5.89. The topological polar surface area (TPSA) is 74.1 Å². The molecule has 0 aromatic heterocycles. The third-order valence-electron chi connectivity index (χ3n) is 3.87. The van der Waals surface area contributed by atoms with Crippen LogP contribution in [0.3, 0.4) is 0 Å². The third kappa shape index (κ3) is 4.68. The van der Waals surface area contributed by atoms with Crippen LogP contribution in [0.15, 0.2) is 51.6 Å². The normalized spacial score (nSPS) is 14.5. The average Bonchev–Trinajstić information content (AvgIpc) is 3.09. The Morgan fingerprint density at radius 1 is 1.14 bits per heavy atom. The average molecular weight is 453 g/mol. The van der Waals surface area contributed by atoms with Gasteiger partial charge in [-0.1, -0.05) is 34.5 Å². The van der Waals surface area contributed by atoms with E-state index in [1.807, 2.05) is 0 Å². The number of sulfonamides is 1. The molecule has 0 unspecified atom stereocenters. The maximum atomic E-state index is 13.0. The molecular formula is C16H13Cl2F3N4O2S. The Bertz CT molecular complexity index is 1030. The van der Waals surface area contributed by atoms with E-state index in [9.17, 15) is 21.6 Å². The molecule has 2 aromatic carbocycles. The zero-order valence-electron chi connectivity index (χ0n) is 14.0. The van der Waals surface area contributed by atoms with Gasteiger partial charge in [-0.15, -0.1) is 0 Å². The Morgan fingerprint density at radius 2 is 1.89 bits per heavy atom. The molecule has 1 aliphatic rings. The molecule has 1 N–H and O–H groups in total. The Hall–Kier alpha value is -2.04. The SMILES string of the molecule is O=S(=O)(Nc1cc(Cl)ccc1CN1CCN=N1)c1ccc(Cl)c(C(F)(F)F)c1. The van der Waals surface area contributed by atoms with Crippen molar-refractivity contribution in [2.75, 3.05) is 17.8 Å². The predicted octanol–water partition coefficient (Wildman–Crippen LogP) is 5.00. The molecule has 1 aliphatic heterocycles. The lowest BCUT2D eigenvalue weighted by Crippen LogP contribution is -2.19. The van der Waals surface area contributed by atoms with Crippen molar-refractivity contribution in [1.82, 2.24) is 5.01 Å². The molecular weight excluding hydrogens is 440 g/mol. The summed E-state index contributed by atoms with van der Waals surface area (Å²) < 4.78 is 66.8. The van der Waals surface area contributed by atoms with Crippen molar-refractivity contribution in [1.29, 1.82) is 0 Å². The lowest BCUT2D eigenvalue weighted by Gasteiger charge is -2.17. The summed E-state index contributed by atoms with van der Waals surface area (Å²) in [4.78, 5) is -0.573. The molecule has 0 saturated heterocycles. The van der Waals surface area contributed by atoms with Crippen molar-refractivity contribution in [2.24, 2.45) is 10.3 Å². The summed E-state index contributed by atoms with van der Waals surface area (Å²) >= 11 is 11.5. The van der Waals surface area contributed by atoms with Crippen LogP contribution in [0.1, 0.15) is 11.1 Å². The highest BCUT2D eigenvalue weighted by Gasteiger charge is 2.34. The maximum absolute atomic E-state index is 13.0. The molecule has 2 aromatic rings. The van der Waals surface area contributed by atoms with Gasteiger partial charge in [0.2, 0.25) is 0 Å². The largest absolute Gasteiger partial charge is 0.417 e. The molecule has 0 radical (unpaired) electrons. The van der Waals surface area contributed by atoms with Crippen LogP contribution in [0.25, 0.3) is 0 Å². The van der Waals surface area contributed by atoms with Crippen LogP contribution in [-0.4, -0.2) is 26.5 Å². The molecule has 0 amide bonds. The molecule has 12 heteroatoms. The molecule has 0 saturated carbocycles. The minimum absolute atomic E-state index is 0.137. The zero-order chi connectivity index (χ0) is 20.5. The van der Waals surface area contributed by atoms with Gasteiger partial charge >= 0.3 is 6.18 Å². The van der Waals surface area contributed by atoms with Gasteiger partial charge in [-0.2, -0.15) is 18.3 Å². The first-order valence-corrected chi connectivity index (χ1v) is 10.1. The number of anilines is 1. The molecule has 0 fully saturated rings. The van der Waals surface area contributed by atoms with Gasteiger partial charge in [-0.3, -0.25) is 9.73 Å². The van der Waals surface area contributed by atoms with Gasteiger partial charge in [-0.05, 0) is 35.9 Å². The number of nitrogens with one attached hydrogen (secondary N) is 1. The van der Waals surface area contributed by atoms with E-state index in [-0.39, 0.29) is 17.3 Å². The minimum Gasteiger partial charge on any atom is -0.279 e. The van der Waals surface area contributed by atoms with Crippen molar-refractivity contribution in [2.45, 2.75) is 17.6 Å². The molecule has 0 spiro atoms. The molecule has 6 nitrogen and oxygen atoms in total. The van der Waals surface area contributed by atoms with E-state index in [1.165, 1.54) is 6.07 Å². The summed E-state index contributed by atoms with van der Waals surface area (Å²) in [6.45, 7) is 1.35. The first-order chi connectivity index (χ1) is 13.1. The van der Waals surface area contributed by atoms with Crippen LogP contribution in [-0.2, 0) is 22.7 Å². The number of rotatable bonds is 5. The van der Waals surface area contributed by atoms with Crippen LogP contribution in [0.4, 0.5) is 18.9 Å². The number of nitrogens with zero attached hydrogens (tertiary/aromatic N) is 3. The van der Waals surface area contributed by atoms with Crippen molar-refractivity contribution >= 4 is 38.9 Å². The fourth-order valence-electron chi connectivity index (χ4n) is 2.52. The molecule has 0 atom stereocenters. The van der Waals surface area contributed by atoms with E-state index in [2.05, 4.69) is 15.1 Å². The number of hydrogen-bond acceptors (Lipinski definition) is 5. The maximum Gasteiger partial charge on any atom is 0.417 e. The number of alkyl halides is 3. The van der Waals surface area contributed by atoms with Crippen LogP contribution in [0.2, 0.25) is 10.0 Å². The van der Waals surface area contributed by atoms with Crippen LogP contribution < -0.4 is 4.72 Å². The molecule has 1 heterocycles. The van der Waals surface area contributed by atoms with Crippen molar-refractivity contribution < 1.29 is 21.6 Å². The van der Waals surface area contributed by atoms with Gasteiger partial charge in [0, 0.05) is 5.02 Å². The zero-order valence-corrected chi connectivity index (χ0v) is 16.4. The van der Waals surface area contributed by atoms with Crippen molar-refractivity contribution in [3.63, 3.8) is 0 Å². The van der Waals surface area contributed by atoms with Crippen molar-refractivity contribution in [3.05, 3.63) is 57.6 Å². The van der Waals surface area contributed by atoms with Gasteiger partial charge in [0.25, 0.3) is 10.0 Å². The number of benzene rings is 2. The van der Waals surface area contributed by atoms with E-state index in [0.29, 0.717) is 24.7 Å². The molecule has 0 bridgehead atoms. The fourth-order valence-corrected chi connectivity index (χ4v) is 4.03. The summed E-state index contributed by atoms with van der Waals surface area (Å²) in [6, 6.07) is 6.94. The van der Waals surface area contributed by atoms with Gasteiger partial charge in [0.05, 0.1) is 40.8 Å². The summed E-state index contributed by atoms with van der Waals surface area (Å²) in [7, 11) is -4.33. The Labute approximate surface area is 169 Å². The summed E-state index contributed by atoms with van der Waals surface area (Å²) in [5, 5.41) is 9.05. The van der Waals surface area contributed by atoms with Crippen molar-refractivity contribution in [3.8, 4) is 0 Å². The molecule has 150 valence electrons. The highest BCUT2D eigenvalue weighted by Crippen LogP contribution is 2.36. The standard InChI is InChI=1S/C16H13Cl2F3N4O2S/c17-11-2-1-10(9-25-6-5-22-24-25)15(7-11)23-28(26,27)12-3-4-14(18)13(8-12)16(19,20)21/h1-4,7-8,23H,5-6,9H2. The van der Waals surface area contributed by atoms with E-state index in [0.717, 1.165) is 12.1 Å². The molecule has 28 heavy (non-hydrogen) atoms. The third-order valence-corrected chi connectivity index (χ3v) is 5.80. The van der Waals surface area contributed by atoms with Gasteiger partial charge in [-0.25, -0.2) is 8.42 Å². The van der Waals surface area contributed by atoms with Gasteiger partial charge < -0.3 is 0 Å². The summed E-state index contributed by atoms with van der Waals surface area (Å²) in [5.41, 5.74) is -0.558. The Kier molecular flexibility index (Phi) is 5.74. The summed E-state index contributed by atoms with van der Waals surface area (Å²) in [6.07, 6.45) is -4.79. The first-order valence-electron chi connectivity index (χ1n) is 7.86. The van der Waals surface area contributed by atoms with E-state index in [1.54, 1.807) is 17.1 Å². The van der Waals surface area contributed by atoms with Crippen LogP contribution in [0.5, 0.6) is 0 Å². The van der Waals surface area contributed by atoms with E-state index < -0.39 is 31.7 Å². The second kappa shape index (κ2) is 7.76. The predicted molar refractivity (Wildman–Crippen MR) is 98.8 cm³/mol. The number of hydrogen-bond donors (Lipinski definition) is 1. The van der Waals surface area contributed by atoms with E-state index >= 15 is 0 Å². The lowest BCUT2D eigenvalue weighted by molar-refractivity contribution is -0.137. The quantitative estimate of drug-likeness (QED) is 0.693. The monoisotopic (exact) mass is 452 g/mol. The summed E-state index contributed by atoms with van der Waals surface area (Å²) in [5.74, 6) is 0. The minimum atomic E-state index is -4.79. The highest BCUT2D eigenvalue weighted by atomic mass is 35.5. The molecule has 3 rings (SSSR count). The molecule has 0 aliphatic carbocycles. The number of halogens is 5. The van der Waals surface area contributed by atoms with Gasteiger partial charge in [0.15, 0.2) is 0 Å². The fraction of sp³-hybridized carbons (Fsp3) is 0.250. The van der Waals surface area contributed by atoms with Crippen LogP contribution >= 0.6 is 23.2 Å². The van der Waals surface area contributed by atoms with Gasteiger partial charge in [0.1, 0.15) is 0 Å². The Balaban J connectivity index is 1.94. The second-order valence-corrected chi connectivity index (χ2v) is 8.42. The smallest absolute Gasteiger partial charge is 0.279 e.